The first-order valence-corrected chi connectivity index (χ1v) is 6.44. The third kappa shape index (κ3) is 3.43. The highest BCUT2D eigenvalue weighted by Gasteiger charge is 2.22. The summed E-state index contributed by atoms with van der Waals surface area (Å²) in [5.41, 5.74) is 6.64. The van der Waals surface area contributed by atoms with Gasteiger partial charge >= 0.3 is 0 Å². The Bertz CT molecular complexity index is 627. The monoisotopic (exact) mass is 298 g/mol. The van der Waals surface area contributed by atoms with E-state index < -0.39 is 23.5 Å². The molecule has 0 saturated carbocycles. The van der Waals surface area contributed by atoms with Crippen molar-refractivity contribution in [3.8, 4) is 0 Å². The molecule has 4 nitrogen and oxygen atoms in total. The molecule has 0 bridgehead atoms. The molecule has 1 heterocycles. The molecule has 0 aliphatic carbocycles. The third-order valence-electron chi connectivity index (χ3n) is 3.34. The molecule has 0 fully saturated rings. The Morgan fingerprint density at radius 2 is 1.90 bits per heavy atom. The van der Waals surface area contributed by atoms with Crippen molar-refractivity contribution < 1.29 is 13.2 Å². The van der Waals surface area contributed by atoms with Gasteiger partial charge in [0.25, 0.3) is 0 Å². The van der Waals surface area contributed by atoms with Gasteiger partial charge < -0.3 is 5.73 Å². The van der Waals surface area contributed by atoms with Crippen LogP contribution in [0.1, 0.15) is 17.2 Å². The zero-order valence-electron chi connectivity index (χ0n) is 11.9. The predicted molar refractivity (Wildman–Crippen MR) is 72.8 cm³/mol. The van der Waals surface area contributed by atoms with Crippen molar-refractivity contribution in [1.29, 1.82) is 0 Å². The third-order valence-corrected chi connectivity index (χ3v) is 3.34. The fraction of sp³-hybridized carbons (Fsp3) is 0.357. The Hall–Kier alpha value is -1.86. The molecule has 0 aliphatic heterocycles. The number of halogens is 3. The van der Waals surface area contributed by atoms with E-state index in [1.807, 2.05) is 6.20 Å². The highest BCUT2D eigenvalue weighted by atomic mass is 19.2. The van der Waals surface area contributed by atoms with Gasteiger partial charge in [-0.25, -0.2) is 13.2 Å². The summed E-state index contributed by atoms with van der Waals surface area (Å²) in [4.78, 5) is 1.77. The molecule has 1 atom stereocenters. The van der Waals surface area contributed by atoms with Crippen molar-refractivity contribution in [2.24, 2.45) is 12.8 Å². The van der Waals surface area contributed by atoms with Crippen molar-refractivity contribution in [2.45, 2.75) is 12.6 Å². The zero-order valence-corrected chi connectivity index (χ0v) is 11.9. The van der Waals surface area contributed by atoms with Crippen LogP contribution in [0, 0.1) is 17.5 Å². The Labute approximate surface area is 121 Å². The van der Waals surface area contributed by atoms with Crippen LogP contribution in [0.2, 0.25) is 0 Å². The molecular weight excluding hydrogens is 281 g/mol. The molecule has 1 unspecified atom stereocenters. The van der Waals surface area contributed by atoms with E-state index in [2.05, 4.69) is 5.10 Å². The summed E-state index contributed by atoms with van der Waals surface area (Å²) in [7, 11) is 3.53. The topological polar surface area (TPSA) is 47.1 Å². The van der Waals surface area contributed by atoms with Crippen LogP contribution in [0.4, 0.5) is 13.2 Å². The maximum atomic E-state index is 13.9. The fourth-order valence-electron chi connectivity index (χ4n) is 2.29. The number of aromatic nitrogens is 2. The largest absolute Gasteiger partial charge is 0.329 e. The fourth-order valence-corrected chi connectivity index (χ4v) is 2.29. The van der Waals surface area contributed by atoms with Gasteiger partial charge in [-0.3, -0.25) is 9.58 Å². The zero-order chi connectivity index (χ0) is 15.6. The van der Waals surface area contributed by atoms with Crippen LogP contribution in [0.25, 0.3) is 0 Å². The van der Waals surface area contributed by atoms with Gasteiger partial charge in [-0.15, -0.1) is 0 Å². The van der Waals surface area contributed by atoms with Crippen LogP contribution < -0.4 is 5.73 Å². The van der Waals surface area contributed by atoms with Gasteiger partial charge in [-0.05, 0) is 13.1 Å². The standard InChI is InChI=1S/C14H17F3N4/c1-20(7-9-6-19-21(2)8-9)14(5-18)10-3-12(16)13(17)4-11(10)15/h3-4,6,8,14H,5,7,18H2,1-2H3. The molecule has 114 valence electrons. The predicted octanol–water partition coefficient (Wildman–Crippen LogP) is 1.97. The Morgan fingerprint density at radius 1 is 1.24 bits per heavy atom. The van der Waals surface area contributed by atoms with Gasteiger partial charge in [0.1, 0.15) is 5.82 Å². The number of benzene rings is 1. The molecule has 2 aromatic rings. The van der Waals surface area contributed by atoms with E-state index in [9.17, 15) is 13.2 Å². The summed E-state index contributed by atoms with van der Waals surface area (Å²) in [6.45, 7) is 0.549. The summed E-state index contributed by atoms with van der Waals surface area (Å²) in [6.07, 6.45) is 3.51. The first-order chi connectivity index (χ1) is 9.92. The number of hydrogen-bond acceptors (Lipinski definition) is 3. The van der Waals surface area contributed by atoms with Crippen LogP contribution in [0.15, 0.2) is 24.5 Å². The number of aryl methyl sites for hydroxylation is 1. The Kier molecular flexibility index (Phi) is 4.64. The average Bonchev–Trinajstić information content (AvgIpc) is 2.81. The van der Waals surface area contributed by atoms with E-state index in [0.717, 1.165) is 11.6 Å². The molecular formula is C14H17F3N4. The smallest absolute Gasteiger partial charge is 0.161 e. The lowest BCUT2D eigenvalue weighted by Crippen LogP contribution is -2.31. The number of hydrogen-bond donors (Lipinski definition) is 1. The van der Waals surface area contributed by atoms with Crippen molar-refractivity contribution in [1.82, 2.24) is 14.7 Å². The van der Waals surface area contributed by atoms with Gasteiger partial charge in [-0.1, -0.05) is 0 Å². The lowest BCUT2D eigenvalue weighted by molar-refractivity contribution is 0.235. The van der Waals surface area contributed by atoms with Crippen molar-refractivity contribution in [3.05, 3.63) is 53.1 Å². The molecule has 0 spiro atoms. The summed E-state index contributed by atoms with van der Waals surface area (Å²) < 4.78 is 41.9. The lowest BCUT2D eigenvalue weighted by atomic mass is 10.0. The van der Waals surface area contributed by atoms with Crippen LogP contribution in [-0.2, 0) is 13.6 Å². The van der Waals surface area contributed by atoms with Gasteiger partial charge in [0.2, 0.25) is 0 Å². The number of likely N-dealkylation sites (N-methyl/N-ethyl adjacent to an activating group) is 1. The van der Waals surface area contributed by atoms with E-state index in [4.69, 9.17) is 5.73 Å². The van der Waals surface area contributed by atoms with E-state index in [1.54, 1.807) is 29.9 Å². The molecule has 0 saturated heterocycles. The van der Waals surface area contributed by atoms with Crippen molar-refractivity contribution in [2.75, 3.05) is 13.6 Å². The Morgan fingerprint density at radius 3 is 2.48 bits per heavy atom. The number of nitrogens with two attached hydrogens (primary N) is 1. The highest BCUT2D eigenvalue weighted by molar-refractivity contribution is 5.24. The molecule has 2 rings (SSSR count). The van der Waals surface area contributed by atoms with Crippen LogP contribution in [-0.4, -0.2) is 28.3 Å². The molecule has 21 heavy (non-hydrogen) atoms. The minimum absolute atomic E-state index is 0.0443. The molecule has 7 heteroatoms. The first kappa shape index (κ1) is 15.5. The van der Waals surface area contributed by atoms with Gasteiger partial charge in [0.05, 0.1) is 12.2 Å². The summed E-state index contributed by atoms with van der Waals surface area (Å²) >= 11 is 0. The lowest BCUT2D eigenvalue weighted by Gasteiger charge is -2.27. The van der Waals surface area contributed by atoms with Crippen LogP contribution >= 0.6 is 0 Å². The maximum Gasteiger partial charge on any atom is 0.161 e. The van der Waals surface area contributed by atoms with Gasteiger partial charge in [0.15, 0.2) is 11.6 Å². The summed E-state index contributed by atoms with van der Waals surface area (Å²) in [5, 5.41) is 4.05. The molecule has 0 radical (unpaired) electrons. The summed E-state index contributed by atoms with van der Waals surface area (Å²) in [5.74, 6) is -3.09. The summed E-state index contributed by atoms with van der Waals surface area (Å²) in [6, 6.07) is 0.855. The minimum Gasteiger partial charge on any atom is -0.329 e. The molecule has 2 N–H and O–H groups in total. The normalized spacial score (nSPS) is 12.9. The van der Waals surface area contributed by atoms with Gasteiger partial charge in [-0.2, -0.15) is 5.10 Å². The Balaban J connectivity index is 2.24. The van der Waals surface area contributed by atoms with Crippen LogP contribution in [0.5, 0.6) is 0 Å². The highest BCUT2D eigenvalue weighted by Crippen LogP contribution is 2.25. The first-order valence-electron chi connectivity index (χ1n) is 6.44. The van der Waals surface area contributed by atoms with E-state index in [-0.39, 0.29) is 12.1 Å². The maximum absolute atomic E-state index is 13.9. The second kappa shape index (κ2) is 6.28. The quantitative estimate of drug-likeness (QED) is 0.859. The molecule has 0 amide bonds. The molecule has 1 aromatic heterocycles. The van der Waals surface area contributed by atoms with Crippen LogP contribution in [0.3, 0.4) is 0 Å². The SMILES string of the molecule is CN(Cc1cnn(C)c1)C(CN)c1cc(F)c(F)cc1F. The second-order valence-corrected chi connectivity index (χ2v) is 4.98. The molecule has 1 aromatic carbocycles. The number of rotatable bonds is 5. The van der Waals surface area contributed by atoms with Gasteiger partial charge in [0, 0.05) is 43.5 Å². The van der Waals surface area contributed by atoms with Crippen molar-refractivity contribution in [3.63, 3.8) is 0 Å². The van der Waals surface area contributed by atoms with Crippen molar-refractivity contribution >= 4 is 0 Å². The average molecular weight is 298 g/mol. The minimum atomic E-state index is -1.21. The second-order valence-electron chi connectivity index (χ2n) is 4.98. The molecule has 0 aliphatic rings. The van der Waals surface area contributed by atoms with E-state index in [1.165, 1.54) is 0 Å². The number of nitrogens with zero attached hydrogens (tertiary/aromatic N) is 3. The van der Waals surface area contributed by atoms with E-state index in [0.29, 0.717) is 12.6 Å². The van der Waals surface area contributed by atoms with E-state index >= 15 is 0 Å².